The van der Waals surface area contributed by atoms with Crippen LogP contribution in [0.3, 0.4) is 0 Å². The monoisotopic (exact) mass is 366 g/mol. The summed E-state index contributed by atoms with van der Waals surface area (Å²) in [6, 6.07) is 7.79. The highest BCUT2D eigenvalue weighted by Gasteiger charge is 2.46. The lowest BCUT2D eigenvalue weighted by atomic mass is 9.73. The summed E-state index contributed by atoms with van der Waals surface area (Å²) >= 11 is 5.92. The van der Waals surface area contributed by atoms with Crippen LogP contribution in [0.1, 0.15) is 30.1 Å². The van der Waals surface area contributed by atoms with E-state index in [1.54, 1.807) is 12.3 Å². The van der Waals surface area contributed by atoms with E-state index < -0.39 is 0 Å². The van der Waals surface area contributed by atoms with Crippen LogP contribution < -0.4 is 10.6 Å². The Morgan fingerprint density at radius 2 is 1.96 bits per heavy atom. The summed E-state index contributed by atoms with van der Waals surface area (Å²) in [4.78, 5) is 20.2. The molecule has 1 saturated heterocycles. The molecule has 1 fully saturated rings. The number of hydrogen-bond donors (Lipinski definition) is 1. The molecule has 2 aliphatic rings. The largest absolute Gasteiger partial charge is 0.355 e. The minimum Gasteiger partial charge on any atom is -0.355 e. The van der Waals surface area contributed by atoms with Crippen molar-refractivity contribution in [1.82, 2.24) is 19.9 Å². The number of anilines is 1. The van der Waals surface area contributed by atoms with Crippen LogP contribution >= 0.6 is 11.6 Å². The van der Waals surface area contributed by atoms with Crippen molar-refractivity contribution in [2.45, 2.75) is 25.3 Å². The lowest BCUT2D eigenvalue weighted by Gasteiger charge is -2.42. The molecule has 1 aliphatic heterocycles. The fraction of sp³-hybridized carbons (Fsp3) is 0.368. The molecule has 132 valence electrons. The summed E-state index contributed by atoms with van der Waals surface area (Å²) in [7, 11) is 0. The molecule has 1 atom stereocenters. The van der Waals surface area contributed by atoms with E-state index in [0.717, 1.165) is 43.7 Å². The van der Waals surface area contributed by atoms with Crippen LogP contribution in [-0.2, 0) is 6.42 Å². The maximum atomic E-state index is 6.62. The molecule has 1 aliphatic carbocycles. The third kappa shape index (κ3) is 2.44. The molecule has 7 heteroatoms. The van der Waals surface area contributed by atoms with Crippen molar-refractivity contribution in [2.24, 2.45) is 11.1 Å². The van der Waals surface area contributed by atoms with Crippen LogP contribution in [0.2, 0.25) is 5.15 Å². The van der Waals surface area contributed by atoms with Crippen molar-refractivity contribution in [3.8, 4) is 0 Å². The zero-order valence-electron chi connectivity index (χ0n) is 14.3. The Morgan fingerprint density at radius 1 is 1.12 bits per heavy atom. The van der Waals surface area contributed by atoms with Gasteiger partial charge in [-0.3, -0.25) is 4.98 Å². The number of piperidine rings is 1. The Kier molecular flexibility index (Phi) is 3.58. The first-order valence-corrected chi connectivity index (χ1v) is 9.26. The third-order valence-corrected chi connectivity index (χ3v) is 6.09. The van der Waals surface area contributed by atoms with Gasteiger partial charge >= 0.3 is 0 Å². The van der Waals surface area contributed by atoms with Gasteiger partial charge in [-0.25, -0.2) is 15.0 Å². The Bertz CT molecular complexity index is 983. The van der Waals surface area contributed by atoms with Crippen LogP contribution in [-0.4, -0.2) is 33.0 Å². The second-order valence-electron chi connectivity index (χ2n) is 7.25. The van der Waals surface area contributed by atoms with Gasteiger partial charge in [-0.05, 0) is 48.4 Å². The average Bonchev–Trinajstić information content (AvgIpc) is 2.94. The normalized spacial score (nSPS) is 21.3. The Hall–Kier alpha value is -2.31. The van der Waals surface area contributed by atoms with Crippen LogP contribution in [0.25, 0.3) is 11.2 Å². The SMILES string of the molecule is N[C@@H]1c2cccnc2CC12CCN(c1cnc3nc(Cl)ccc3n1)CC2. The number of rotatable bonds is 1. The third-order valence-electron chi connectivity index (χ3n) is 5.88. The summed E-state index contributed by atoms with van der Waals surface area (Å²) in [6.45, 7) is 1.84. The summed E-state index contributed by atoms with van der Waals surface area (Å²) < 4.78 is 0. The Morgan fingerprint density at radius 3 is 2.77 bits per heavy atom. The summed E-state index contributed by atoms with van der Waals surface area (Å²) in [5.74, 6) is 0.888. The van der Waals surface area contributed by atoms with E-state index >= 15 is 0 Å². The van der Waals surface area contributed by atoms with Gasteiger partial charge in [0.2, 0.25) is 0 Å². The first-order valence-electron chi connectivity index (χ1n) is 8.88. The maximum absolute atomic E-state index is 6.62. The van der Waals surface area contributed by atoms with Crippen molar-refractivity contribution in [1.29, 1.82) is 0 Å². The molecule has 0 amide bonds. The summed E-state index contributed by atoms with van der Waals surface area (Å²) in [5.41, 5.74) is 10.5. The van der Waals surface area contributed by atoms with E-state index in [9.17, 15) is 0 Å². The molecular weight excluding hydrogens is 348 g/mol. The minimum absolute atomic E-state index is 0.0716. The van der Waals surface area contributed by atoms with Crippen LogP contribution in [0.15, 0.2) is 36.7 Å². The smallest absolute Gasteiger partial charge is 0.179 e. The van der Waals surface area contributed by atoms with E-state index in [-0.39, 0.29) is 11.5 Å². The molecule has 0 bridgehead atoms. The van der Waals surface area contributed by atoms with Gasteiger partial charge in [-0.15, -0.1) is 0 Å². The van der Waals surface area contributed by atoms with Crippen LogP contribution in [0.5, 0.6) is 0 Å². The Balaban J connectivity index is 1.37. The molecule has 6 nitrogen and oxygen atoms in total. The molecule has 3 aromatic rings. The van der Waals surface area contributed by atoms with Gasteiger partial charge in [0.15, 0.2) is 5.65 Å². The Labute approximate surface area is 156 Å². The standard InChI is InChI=1S/C19H19ClN6/c20-15-4-3-13-18(25-15)23-11-16(24-13)26-8-5-19(6-9-26)10-14-12(17(19)21)2-1-7-22-14/h1-4,7,11,17H,5-6,8-10,21H2/t17-/m1/s1. The molecular formula is C19H19ClN6. The second-order valence-corrected chi connectivity index (χ2v) is 7.64. The van der Waals surface area contributed by atoms with Gasteiger partial charge in [0, 0.05) is 31.0 Å². The van der Waals surface area contributed by atoms with E-state index in [1.807, 2.05) is 18.3 Å². The molecule has 0 saturated carbocycles. The number of pyridine rings is 2. The topological polar surface area (TPSA) is 80.8 Å². The average molecular weight is 367 g/mol. The van der Waals surface area contributed by atoms with Crippen molar-refractivity contribution in [2.75, 3.05) is 18.0 Å². The van der Waals surface area contributed by atoms with Crippen molar-refractivity contribution in [3.63, 3.8) is 0 Å². The van der Waals surface area contributed by atoms with Gasteiger partial charge in [0.25, 0.3) is 0 Å². The number of hydrogen-bond acceptors (Lipinski definition) is 6. The molecule has 3 aromatic heterocycles. The van der Waals surface area contributed by atoms with Gasteiger partial charge in [0.1, 0.15) is 16.5 Å². The minimum atomic E-state index is 0.0716. The van der Waals surface area contributed by atoms with Crippen molar-refractivity contribution >= 4 is 28.6 Å². The molecule has 26 heavy (non-hydrogen) atoms. The van der Waals surface area contributed by atoms with Crippen LogP contribution in [0, 0.1) is 5.41 Å². The van der Waals surface area contributed by atoms with Gasteiger partial charge in [-0.2, -0.15) is 0 Å². The molecule has 0 radical (unpaired) electrons. The highest BCUT2D eigenvalue weighted by atomic mass is 35.5. The predicted molar refractivity (Wildman–Crippen MR) is 101 cm³/mol. The van der Waals surface area contributed by atoms with Gasteiger partial charge < -0.3 is 10.6 Å². The summed E-state index contributed by atoms with van der Waals surface area (Å²) in [5, 5.41) is 0.433. The van der Waals surface area contributed by atoms with E-state index in [4.69, 9.17) is 22.3 Å². The first kappa shape index (κ1) is 15.9. The van der Waals surface area contributed by atoms with Crippen molar-refractivity contribution < 1.29 is 0 Å². The molecule has 0 unspecified atom stereocenters. The quantitative estimate of drug-likeness (QED) is 0.667. The van der Waals surface area contributed by atoms with E-state index in [0.29, 0.717) is 10.8 Å². The number of nitrogens with zero attached hydrogens (tertiary/aromatic N) is 5. The number of fused-ring (bicyclic) bond motifs is 2. The molecule has 1 spiro atoms. The lowest BCUT2D eigenvalue weighted by Crippen LogP contribution is -2.44. The molecule has 4 heterocycles. The highest BCUT2D eigenvalue weighted by molar-refractivity contribution is 6.29. The van der Waals surface area contributed by atoms with Crippen molar-refractivity contribution in [3.05, 3.63) is 53.1 Å². The number of nitrogens with two attached hydrogens (primary N) is 1. The van der Waals surface area contributed by atoms with Crippen LogP contribution in [0.4, 0.5) is 5.82 Å². The predicted octanol–water partition coefficient (Wildman–Crippen LogP) is 2.92. The number of halogens is 1. The lowest BCUT2D eigenvalue weighted by molar-refractivity contribution is 0.186. The zero-order chi connectivity index (χ0) is 17.7. The fourth-order valence-corrected chi connectivity index (χ4v) is 4.49. The molecule has 2 N–H and O–H groups in total. The first-order chi connectivity index (χ1) is 12.6. The second kappa shape index (κ2) is 5.86. The van der Waals surface area contributed by atoms with E-state index in [2.05, 4.69) is 25.9 Å². The number of aromatic nitrogens is 4. The van der Waals surface area contributed by atoms with Gasteiger partial charge in [0.05, 0.1) is 6.20 Å². The molecule has 0 aromatic carbocycles. The maximum Gasteiger partial charge on any atom is 0.179 e. The zero-order valence-corrected chi connectivity index (χ0v) is 15.0. The molecule has 5 rings (SSSR count). The van der Waals surface area contributed by atoms with Gasteiger partial charge in [-0.1, -0.05) is 17.7 Å². The fourth-order valence-electron chi connectivity index (χ4n) is 4.35. The van der Waals surface area contributed by atoms with E-state index in [1.165, 1.54) is 11.3 Å². The summed E-state index contributed by atoms with van der Waals surface area (Å²) in [6.07, 6.45) is 6.69. The highest BCUT2D eigenvalue weighted by Crippen LogP contribution is 2.50.